The monoisotopic (exact) mass is 464 g/mol. The number of fused-ring (bicyclic) bond motifs is 1. The van der Waals surface area contributed by atoms with Crippen LogP contribution in [-0.4, -0.2) is 34.4 Å². The van der Waals surface area contributed by atoms with Crippen LogP contribution < -0.4 is 14.8 Å². The molecule has 7 nitrogen and oxygen atoms in total. The van der Waals surface area contributed by atoms with Crippen LogP contribution in [0.15, 0.2) is 42.5 Å². The summed E-state index contributed by atoms with van der Waals surface area (Å²) in [5, 5.41) is 11.3. The minimum Gasteiger partial charge on any atom is -0.493 e. The Labute approximate surface area is 198 Å². The Kier molecular flexibility index (Phi) is 7.57. The van der Waals surface area contributed by atoms with Gasteiger partial charge < -0.3 is 19.4 Å². The number of methoxy groups -OCH3 is 1. The lowest BCUT2D eigenvalue weighted by Crippen LogP contribution is -2.10. The van der Waals surface area contributed by atoms with Gasteiger partial charge in [0.25, 0.3) is 0 Å². The fraction of sp³-hybridized carbons (Fsp3) is 0.346. The molecule has 0 saturated heterocycles. The van der Waals surface area contributed by atoms with Crippen LogP contribution in [0.5, 0.6) is 11.5 Å². The van der Waals surface area contributed by atoms with Crippen LogP contribution in [0.3, 0.4) is 0 Å². The minimum atomic E-state index is -0.514. The maximum absolute atomic E-state index is 14.5. The van der Waals surface area contributed by atoms with Crippen LogP contribution >= 0.6 is 0 Å². The number of nitrogens with zero attached hydrogens (tertiary/aromatic N) is 3. The topological polar surface area (TPSA) is 78.3 Å². The van der Waals surface area contributed by atoms with E-state index < -0.39 is 11.7 Å². The predicted octanol–water partition coefficient (Wildman–Crippen LogP) is 5.26. The molecular formula is C26H29FN4O3. The Morgan fingerprint density at radius 2 is 2.03 bits per heavy atom. The van der Waals surface area contributed by atoms with Gasteiger partial charge in [-0.2, -0.15) is 0 Å². The van der Waals surface area contributed by atoms with E-state index >= 15 is 0 Å². The highest BCUT2D eigenvalue weighted by atomic mass is 19.1. The SMILES string of the molecule is CCCOc1ccc(/C=C/C(=O)Nc2cc(-c3nnc4n3CCCCC4)ccc2F)cc1OC. The summed E-state index contributed by atoms with van der Waals surface area (Å²) in [6.45, 7) is 3.46. The van der Waals surface area contributed by atoms with Gasteiger partial charge in [-0.3, -0.25) is 4.79 Å². The first kappa shape index (κ1) is 23.5. The molecule has 1 N–H and O–H groups in total. The smallest absolute Gasteiger partial charge is 0.248 e. The van der Waals surface area contributed by atoms with E-state index in [0.29, 0.717) is 29.5 Å². The summed E-state index contributed by atoms with van der Waals surface area (Å²) < 4.78 is 27.6. The zero-order chi connectivity index (χ0) is 23.9. The van der Waals surface area contributed by atoms with Gasteiger partial charge in [-0.15, -0.1) is 10.2 Å². The van der Waals surface area contributed by atoms with E-state index in [2.05, 4.69) is 20.1 Å². The van der Waals surface area contributed by atoms with Crippen LogP contribution in [0, 0.1) is 5.82 Å². The molecular weight excluding hydrogens is 435 g/mol. The number of aromatic nitrogens is 3. The largest absolute Gasteiger partial charge is 0.493 e. The van der Waals surface area contributed by atoms with Crippen molar-refractivity contribution < 1.29 is 18.7 Å². The zero-order valence-corrected chi connectivity index (χ0v) is 19.5. The van der Waals surface area contributed by atoms with Crippen LogP contribution in [0.1, 0.15) is 44.0 Å². The number of halogens is 1. The van der Waals surface area contributed by atoms with E-state index in [1.165, 1.54) is 12.1 Å². The van der Waals surface area contributed by atoms with Crippen molar-refractivity contribution in [2.75, 3.05) is 19.0 Å². The molecule has 0 unspecified atom stereocenters. The standard InChI is InChI=1S/C26H29FN4O3/c1-3-15-34-22-12-8-18(16-23(22)33-2)9-13-25(32)28-21-17-19(10-11-20(21)27)26-30-29-24-7-5-4-6-14-31(24)26/h8-13,16-17H,3-7,14-15H2,1-2H3,(H,28,32)/b13-9+. The van der Waals surface area contributed by atoms with Gasteiger partial charge in [0.2, 0.25) is 5.91 Å². The van der Waals surface area contributed by atoms with Gasteiger partial charge in [-0.05, 0) is 61.2 Å². The highest BCUT2D eigenvalue weighted by Crippen LogP contribution is 2.29. The van der Waals surface area contributed by atoms with E-state index in [1.807, 2.05) is 13.0 Å². The molecule has 8 heteroatoms. The summed E-state index contributed by atoms with van der Waals surface area (Å²) in [5.74, 6) is 1.92. The molecule has 1 aliphatic heterocycles. The van der Waals surface area contributed by atoms with Crippen molar-refractivity contribution in [3.8, 4) is 22.9 Å². The van der Waals surface area contributed by atoms with Crippen LogP contribution in [0.4, 0.5) is 10.1 Å². The van der Waals surface area contributed by atoms with Gasteiger partial charge >= 0.3 is 0 Å². The van der Waals surface area contributed by atoms with Crippen molar-refractivity contribution in [2.45, 2.75) is 45.6 Å². The van der Waals surface area contributed by atoms with Crippen molar-refractivity contribution in [1.82, 2.24) is 14.8 Å². The average molecular weight is 465 g/mol. The second kappa shape index (κ2) is 11.0. The Morgan fingerprint density at radius 1 is 1.15 bits per heavy atom. The van der Waals surface area contributed by atoms with Crippen LogP contribution in [0.2, 0.25) is 0 Å². The average Bonchev–Trinajstić information content (AvgIpc) is 3.10. The first-order chi connectivity index (χ1) is 16.6. The molecule has 1 amide bonds. The lowest BCUT2D eigenvalue weighted by atomic mass is 10.1. The van der Waals surface area contributed by atoms with Crippen molar-refractivity contribution >= 4 is 17.7 Å². The summed E-state index contributed by atoms with van der Waals surface area (Å²) in [6.07, 6.45) is 8.08. The number of hydrogen-bond donors (Lipinski definition) is 1. The van der Waals surface area contributed by atoms with Crippen LogP contribution in [-0.2, 0) is 17.8 Å². The number of carbonyl (C=O) groups is 1. The molecule has 0 atom stereocenters. The van der Waals surface area contributed by atoms with E-state index in [0.717, 1.165) is 50.0 Å². The van der Waals surface area contributed by atoms with Gasteiger partial charge in [0.1, 0.15) is 11.6 Å². The number of aryl methyl sites for hydroxylation is 1. The fourth-order valence-electron chi connectivity index (χ4n) is 3.92. The molecule has 2 heterocycles. The molecule has 34 heavy (non-hydrogen) atoms. The summed E-state index contributed by atoms with van der Waals surface area (Å²) >= 11 is 0. The van der Waals surface area contributed by atoms with E-state index in [1.54, 1.807) is 37.5 Å². The minimum absolute atomic E-state index is 0.0963. The van der Waals surface area contributed by atoms with Crippen molar-refractivity contribution in [3.63, 3.8) is 0 Å². The lowest BCUT2D eigenvalue weighted by molar-refractivity contribution is -0.111. The Balaban J connectivity index is 1.48. The number of anilines is 1. The molecule has 4 rings (SSSR count). The number of amides is 1. The van der Waals surface area contributed by atoms with E-state index in [-0.39, 0.29) is 5.69 Å². The van der Waals surface area contributed by atoms with Gasteiger partial charge in [-0.1, -0.05) is 19.4 Å². The molecule has 0 radical (unpaired) electrons. The summed E-state index contributed by atoms with van der Waals surface area (Å²) in [4.78, 5) is 12.5. The number of rotatable bonds is 8. The number of ether oxygens (including phenoxy) is 2. The molecule has 3 aromatic rings. The highest BCUT2D eigenvalue weighted by molar-refractivity contribution is 6.02. The zero-order valence-electron chi connectivity index (χ0n) is 19.5. The maximum Gasteiger partial charge on any atom is 0.248 e. The van der Waals surface area contributed by atoms with Gasteiger partial charge in [-0.25, -0.2) is 4.39 Å². The lowest BCUT2D eigenvalue weighted by Gasteiger charge is -2.10. The number of nitrogens with one attached hydrogen (secondary N) is 1. The molecule has 1 aliphatic rings. The first-order valence-electron chi connectivity index (χ1n) is 11.6. The van der Waals surface area contributed by atoms with Gasteiger partial charge in [0.05, 0.1) is 19.4 Å². The quantitative estimate of drug-likeness (QED) is 0.460. The highest BCUT2D eigenvalue weighted by Gasteiger charge is 2.17. The fourth-order valence-corrected chi connectivity index (χ4v) is 3.92. The Bertz CT molecular complexity index is 1190. The summed E-state index contributed by atoms with van der Waals surface area (Å²) in [6, 6.07) is 10.0. The predicted molar refractivity (Wildman–Crippen MR) is 129 cm³/mol. The van der Waals surface area contributed by atoms with Gasteiger partial charge in [0, 0.05) is 24.6 Å². The second-order valence-electron chi connectivity index (χ2n) is 8.18. The number of hydrogen-bond acceptors (Lipinski definition) is 5. The first-order valence-corrected chi connectivity index (χ1v) is 11.6. The molecule has 0 aliphatic carbocycles. The van der Waals surface area contributed by atoms with Crippen molar-refractivity contribution in [3.05, 3.63) is 59.7 Å². The molecule has 1 aromatic heterocycles. The third-order valence-corrected chi connectivity index (χ3v) is 5.67. The summed E-state index contributed by atoms with van der Waals surface area (Å²) in [7, 11) is 1.57. The number of benzene rings is 2. The van der Waals surface area contributed by atoms with Crippen LogP contribution in [0.25, 0.3) is 17.5 Å². The van der Waals surface area contributed by atoms with E-state index in [4.69, 9.17) is 9.47 Å². The molecule has 2 aromatic carbocycles. The summed E-state index contributed by atoms with van der Waals surface area (Å²) in [5.41, 5.74) is 1.57. The number of carbonyl (C=O) groups excluding carboxylic acids is 1. The second-order valence-corrected chi connectivity index (χ2v) is 8.18. The van der Waals surface area contributed by atoms with E-state index in [9.17, 15) is 9.18 Å². The molecule has 178 valence electrons. The third kappa shape index (κ3) is 5.44. The Morgan fingerprint density at radius 3 is 2.85 bits per heavy atom. The van der Waals surface area contributed by atoms with Crippen molar-refractivity contribution in [1.29, 1.82) is 0 Å². The maximum atomic E-state index is 14.5. The third-order valence-electron chi connectivity index (χ3n) is 5.67. The Hall–Kier alpha value is -3.68. The molecule has 0 fully saturated rings. The van der Waals surface area contributed by atoms with Crippen molar-refractivity contribution in [2.24, 2.45) is 0 Å². The molecule has 0 spiro atoms. The normalized spacial score (nSPS) is 13.4. The molecule has 0 saturated carbocycles. The molecule has 0 bridgehead atoms. The van der Waals surface area contributed by atoms with Gasteiger partial charge in [0.15, 0.2) is 17.3 Å².